The molecule has 0 saturated carbocycles. The normalized spacial score (nSPS) is 21.0. The first-order valence-corrected chi connectivity index (χ1v) is 8.26. The van der Waals surface area contributed by atoms with Crippen LogP contribution in [0.4, 0.5) is 0 Å². The molecule has 1 aromatic rings. The van der Waals surface area contributed by atoms with Crippen LogP contribution < -0.4 is 4.74 Å². The Hall–Kier alpha value is -1.41. The number of methoxy groups -OCH3 is 2. The van der Waals surface area contributed by atoms with E-state index >= 15 is 0 Å². The molecule has 0 unspecified atom stereocenters. The number of fused-ring (bicyclic) bond motifs is 1. The van der Waals surface area contributed by atoms with Crippen molar-refractivity contribution in [2.45, 2.75) is 12.8 Å². The second-order valence-corrected chi connectivity index (χ2v) is 6.84. The molecule has 0 spiro atoms. The average molecular weight is 450 g/mol. The van der Waals surface area contributed by atoms with Gasteiger partial charge in [-0.2, -0.15) is 0 Å². The molecule has 0 aliphatic carbocycles. The van der Waals surface area contributed by atoms with Gasteiger partial charge in [-0.25, -0.2) is 0 Å². The fourth-order valence-electron chi connectivity index (χ4n) is 2.69. The monoisotopic (exact) mass is 448 g/mol. The maximum atomic E-state index is 12.3. The van der Waals surface area contributed by atoms with E-state index in [1.54, 1.807) is 19.1 Å². The lowest BCUT2D eigenvalue weighted by atomic mass is 9.75. The van der Waals surface area contributed by atoms with Gasteiger partial charge in [0.1, 0.15) is 5.75 Å². The maximum absolute atomic E-state index is 12.3. The lowest BCUT2D eigenvalue weighted by Gasteiger charge is -2.33. The largest absolute Gasteiger partial charge is 0.469 e. The lowest BCUT2D eigenvalue weighted by Crippen LogP contribution is -2.42. The van der Waals surface area contributed by atoms with Crippen LogP contribution in [0, 0.1) is 11.8 Å². The van der Waals surface area contributed by atoms with Crippen molar-refractivity contribution in [3.05, 3.63) is 26.6 Å². The van der Waals surface area contributed by atoms with Crippen LogP contribution in [-0.2, 0) is 23.9 Å². The second-order valence-electron chi connectivity index (χ2n) is 5.07. The minimum atomic E-state index is -1.23. The van der Waals surface area contributed by atoms with Crippen LogP contribution in [0.15, 0.2) is 21.1 Å². The number of esters is 3. The van der Waals surface area contributed by atoms with Crippen LogP contribution in [-0.4, -0.2) is 32.1 Å². The highest BCUT2D eigenvalue weighted by atomic mass is 79.9. The van der Waals surface area contributed by atoms with Crippen LogP contribution in [0.25, 0.3) is 0 Å². The van der Waals surface area contributed by atoms with Crippen molar-refractivity contribution in [2.24, 2.45) is 11.8 Å². The Kier molecular flexibility index (Phi) is 5.46. The van der Waals surface area contributed by atoms with E-state index in [1.807, 2.05) is 0 Å². The van der Waals surface area contributed by atoms with Gasteiger partial charge in [0.05, 0.1) is 24.6 Å². The smallest absolute Gasteiger partial charge is 0.326 e. The summed E-state index contributed by atoms with van der Waals surface area (Å²) in [4.78, 5) is 36.4. The molecule has 0 bridgehead atoms. The minimum absolute atomic E-state index is 0.291. The summed E-state index contributed by atoms with van der Waals surface area (Å²) >= 11 is 6.68. The van der Waals surface area contributed by atoms with Crippen molar-refractivity contribution in [3.63, 3.8) is 0 Å². The number of rotatable bonds is 3. The zero-order valence-corrected chi connectivity index (χ0v) is 15.8. The molecule has 0 amide bonds. The first-order chi connectivity index (χ1) is 10.8. The predicted octanol–water partition coefficient (Wildman–Crippen LogP) is 2.81. The van der Waals surface area contributed by atoms with Crippen molar-refractivity contribution in [1.29, 1.82) is 0 Å². The molecule has 0 radical (unpaired) electrons. The molecule has 3 atom stereocenters. The van der Waals surface area contributed by atoms with Gasteiger partial charge in [0.25, 0.3) is 0 Å². The van der Waals surface area contributed by atoms with E-state index in [1.165, 1.54) is 14.2 Å². The highest BCUT2D eigenvalue weighted by Gasteiger charge is 2.48. The summed E-state index contributed by atoms with van der Waals surface area (Å²) in [7, 11) is 2.44. The van der Waals surface area contributed by atoms with E-state index in [4.69, 9.17) is 14.2 Å². The molecule has 1 aliphatic rings. The lowest BCUT2D eigenvalue weighted by molar-refractivity contribution is -0.160. The molecule has 124 valence electrons. The minimum Gasteiger partial charge on any atom is -0.469 e. The zero-order valence-electron chi connectivity index (χ0n) is 12.6. The van der Waals surface area contributed by atoms with Gasteiger partial charge >= 0.3 is 17.9 Å². The maximum Gasteiger partial charge on any atom is 0.326 e. The fourth-order valence-corrected chi connectivity index (χ4v) is 4.03. The standard InChI is InChI=1S/C15H14Br2O6/c1-6(13(18)21-2)10-8-4-7(16)5-9(17)12(8)23-15(20)11(10)14(19)22-3/h4-6,10-11H,1-3H3/t6-,10-,11-/m0/s1. The molecule has 2 rings (SSSR count). The number of carbonyl (C=O) groups excluding carboxylic acids is 3. The van der Waals surface area contributed by atoms with Gasteiger partial charge in [-0.3, -0.25) is 14.4 Å². The van der Waals surface area contributed by atoms with E-state index in [2.05, 4.69) is 31.9 Å². The van der Waals surface area contributed by atoms with Gasteiger partial charge in [0.2, 0.25) is 0 Å². The molecular formula is C15H14Br2O6. The molecule has 1 aliphatic heterocycles. The SMILES string of the molecule is COC(=O)[C@H]1C(=O)Oc2c(Br)cc(Br)cc2[C@@H]1[C@H](C)C(=O)OC. The third-order valence-corrected chi connectivity index (χ3v) is 4.83. The van der Waals surface area contributed by atoms with Gasteiger partial charge in [0.15, 0.2) is 5.92 Å². The summed E-state index contributed by atoms with van der Waals surface area (Å²) < 4.78 is 16.0. The summed E-state index contributed by atoms with van der Waals surface area (Å²) in [5.74, 6) is -4.47. The van der Waals surface area contributed by atoms with Crippen LogP contribution in [0.5, 0.6) is 5.75 Å². The van der Waals surface area contributed by atoms with E-state index < -0.39 is 35.7 Å². The highest BCUT2D eigenvalue weighted by Crippen LogP contribution is 2.47. The van der Waals surface area contributed by atoms with Crippen LogP contribution in [0.3, 0.4) is 0 Å². The number of hydrogen-bond acceptors (Lipinski definition) is 6. The Balaban J connectivity index is 2.65. The van der Waals surface area contributed by atoms with Gasteiger partial charge in [-0.05, 0) is 28.1 Å². The Morgan fingerprint density at radius 2 is 1.87 bits per heavy atom. The Labute approximate surface area is 149 Å². The zero-order chi connectivity index (χ0) is 17.3. The molecule has 1 aromatic carbocycles. The number of ether oxygens (including phenoxy) is 3. The van der Waals surface area contributed by atoms with Crippen molar-refractivity contribution in [2.75, 3.05) is 14.2 Å². The van der Waals surface area contributed by atoms with Gasteiger partial charge in [-0.15, -0.1) is 0 Å². The second kappa shape index (κ2) is 7.00. The molecule has 0 aromatic heterocycles. The third kappa shape index (κ3) is 3.28. The number of benzene rings is 1. The molecule has 6 nitrogen and oxygen atoms in total. The molecule has 0 saturated heterocycles. The Morgan fingerprint density at radius 1 is 1.22 bits per heavy atom. The quantitative estimate of drug-likeness (QED) is 0.401. The first kappa shape index (κ1) is 17.9. The topological polar surface area (TPSA) is 78.9 Å². The molecule has 8 heteroatoms. The highest BCUT2D eigenvalue weighted by molar-refractivity contribution is 9.11. The Bertz CT molecular complexity index is 672. The van der Waals surface area contributed by atoms with Crippen LogP contribution in [0.2, 0.25) is 0 Å². The van der Waals surface area contributed by atoms with Crippen LogP contribution >= 0.6 is 31.9 Å². The fraction of sp³-hybridized carbons (Fsp3) is 0.400. The molecule has 1 heterocycles. The first-order valence-electron chi connectivity index (χ1n) is 6.68. The third-order valence-electron chi connectivity index (χ3n) is 3.78. The Morgan fingerprint density at radius 3 is 2.43 bits per heavy atom. The van der Waals surface area contributed by atoms with E-state index in [9.17, 15) is 14.4 Å². The molecule has 0 fully saturated rings. The van der Waals surface area contributed by atoms with E-state index in [-0.39, 0.29) is 0 Å². The van der Waals surface area contributed by atoms with Crippen molar-refractivity contribution in [1.82, 2.24) is 0 Å². The van der Waals surface area contributed by atoms with Crippen molar-refractivity contribution in [3.8, 4) is 5.75 Å². The van der Waals surface area contributed by atoms with Crippen LogP contribution in [0.1, 0.15) is 18.4 Å². The number of hydrogen-bond donors (Lipinski definition) is 0. The van der Waals surface area contributed by atoms with E-state index in [0.29, 0.717) is 20.3 Å². The summed E-state index contributed by atoms with van der Waals surface area (Å²) in [5, 5.41) is 0. The van der Waals surface area contributed by atoms with Crippen molar-refractivity contribution < 1.29 is 28.6 Å². The molecular weight excluding hydrogens is 436 g/mol. The van der Waals surface area contributed by atoms with Gasteiger partial charge in [0, 0.05) is 16.0 Å². The number of carbonyl (C=O) groups is 3. The van der Waals surface area contributed by atoms with E-state index in [0.717, 1.165) is 0 Å². The van der Waals surface area contributed by atoms with Crippen molar-refractivity contribution >= 4 is 49.8 Å². The number of halogens is 2. The summed E-state index contributed by atoms with van der Waals surface area (Å²) in [6, 6.07) is 3.43. The predicted molar refractivity (Wildman–Crippen MR) is 86.9 cm³/mol. The summed E-state index contributed by atoms with van der Waals surface area (Å²) in [6.45, 7) is 1.60. The summed E-state index contributed by atoms with van der Waals surface area (Å²) in [5.41, 5.74) is 0.555. The molecule has 0 N–H and O–H groups in total. The average Bonchev–Trinajstić information content (AvgIpc) is 2.52. The van der Waals surface area contributed by atoms with Gasteiger partial charge < -0.3 is 14.2 Å². The molecule has 23 heavy (non-hydrogen) atoms. The van der Waals surface area contributed by atoms with Gasteiger partial charge in [-0.1, -0.05) is 22.9 Å². The summed E-state index contributed by atoms with van der Waals surface area (Å²) in [6.07, 6.45) is 0.